The van der Waals surface area contributed by atoms with Gasteiger partial charge in [-0.2, -0.15) is 0 Å². The summed E-state index contributed by atoms with van der Waals surface area (Å²) in [5, 5.41) is 2.82. The van der Waals surface area contributed by atoms with Crippen LogP contribution in [0.1, 0.15) is 5.56 Å². The van der Waals surface area contributed by atoms with Crippen molar-refractivity contribution in [3.63, 3.8) is 0 Å². The lowest BCUT2D eigenvalue weighted by atomic mass is 10.1. The Hall–Kier alpha value is -2.49. The van der Waals surface area contributed by atoms with Gasteiger partial charge in [-0.1, -0.05) is 24.3 Å². The van der Waals surface area contributed by atoms with Gasteiger partial charge in [0.25, 0.3) is 0 Å². The fraction of sp³-hybridized carbons (Fsp3) is 0.133. The number of carbonyl (C=O) groups is 1. The number of rotatable bonds is 4. The van der Waals surface area contributed by atoms with Crippen LogP contribution in [-0.4, -0.2) is 13.0 Å². The highest BCUT2D eigenvalue weighted by Crippen LogP contribution is 2.23. The first-order chi connectivity index (χ1) is 9.19. The number of benzene rings is 2. The lowest BCUT2D eigenvalue weighted by Crippen LogP contribution is -2.15. The second kappa shape index (κ2) is 5.91. The molecule has 2 aromatic rings. The Morgan fingerprint density at radius 2 is 2.00 bits per heavy atom. The van der Waals surface area contributed by atoms with E-state index in [2.05, 4.69) is 5.32 Å². The fourth-order valence-electron chi connectivity index (χ4n) is 1.83. The van der Waals surface area contributed by atoms with Crippen LogP contribution in [0.2, 0.25) is 0 Å². The highest BCUT2D eigenvalue weighted by atomic mass is 16.5. The van der Waals surface area contributed by atoms with Crippen molar-refractivity contribution < 1.29 is 9.53 Å². The predicted molar refractivity (Wildman–Crippen MR) is 76.2 cm³/mol. The van der Waals surface area contributed by atoms with Crippen molar-refractivity contribution in [2.24, 2.45) is 0 Å². The number of nitrogens with one attached hydrogen (secondary N) is 1. The molecule has 0 aromatic heterocycles. The second-order valence-electron chi connectivity index (χ2n) is 4.17. The van der Waals surface area contributed by atoms with Crippen molar-refractivity contribution in [3.8, 4) is 5.75 Å². The van der Waals surface area contributed by atoms with Crippen LogP contribution in [0.5, 0.6) is 5.75 Å². The Bertz CT molecular complexity index is 582. The minimum atomic E-state index is -0.102. The van der Waals surface area contributed by atoms with Crippen LogP contribution >= 0.6 is 0 Å². The molecule has 0 atom stereocenters. The Kier molecular flexibility index (Phi) is 4.03. The Morgan fingerprint density at radius 3 is 2.74 bits per heavy atom. The first-order valence-corrected chi connectivity index (χ1v) is 5.96. The molecule has 0 radical (unpaired) electrons. The number of anilines is 2. The van der Waals surface area contributed by atoms with Gasteiger partial charge in [-0.3, -0.25) is 4.79 Å². The minimum Gasteiger partial charge on any atom is -0.495 e. The number of ether oxygens (including phenoxy) is 1. The maximum absolute atomic E-state index is 12.0. The molecular formula is C15H16N2O2. The van der Waals surface area contributed by atoms with Crippen molar-refractivity contribution in [2.45, 2.75) is 6.42 Å². The maximum atomic E-state index is 12.0. The van der Waals surface area contributed by atoms with Crippen LogP contribution in [-0.2, 0) is 11.2 Å². The van der Waals surface area contributed by atoms with Crippen LogP contribution in [0.15, 0.2) is 48.5 Å². The lowest BCUT2D eigenvalue weighted by molar-refractivity contribution is -0.115. The summed E-state index contributed by atoms with van der Waals surface area (Å²) < 4.78 is 5.18. The van der Waals surface area contributed by atoms with Crippen LogP contribution in [0.4, 0.5) is 11.4 Å². The number of hydrogen-bond acceptors (Lipinski definition) is 3. The minimum absolute atomic E-state index is 0.102. The van der Waals surface area contributed by atoms with Gasteiger partial charge in [0.1, 0.15) is 5.75 Å². The average Bonchev–Trinajstić information content (AvgIpc) is 2.39. The van der Waals surface area contributed by atoms with Gasteiger partial charge in [-0.25, -0.2) is 0 Å². The van der Waals surface area contributed by atoms with E-state index in [1.165, 1.54) is 0 Å². The molecule has 0 aliphatic carbocycles. The summed E-state index contributed by atoms with van der Waals surface area (Å²) in [5.41, 5.74) is 7.88. The molecule has 4 heteroatoms. The first kappa shape index (κ1) is 13.0. The van der Waals surface area contributed by atoms with Crippen LogP contribution in [0.25, 0.3) is 0 Å². The largest absolute Gasteiger partial charge is 0.495 e. The third-order valence-corrected chi connectivity index (χ3v) is 2.70. The van der Waals surface area contributed by atoms with E-state index in [0.29, 0.717) is 17.1 Å². The molecule has 98 valence electrons. The first-order valence-electron chi connectivity index (χ1n) is 5.96. The van der Waals surface area contributed by atoms with Crippen LogP contribution in [0.3, 0.4) is 0 Å². The number of nitrogens with two attached hydrogens (primary N) is 1. The van der Waals surface area contributed by atoms with E-state index in [0.717, 1.165) is 5.56 Å². The summed E-state index contributed by atoms with van der Waals surface area (Å²) in [6.07, 6.45) is 0.281. The average molecular weight is 256 g/mol. The number of hydrogen-bond donors (Lipinski definition) is 2. The van der Waals surface area contributed by atoms with Crippen LogP contribution < -0.4 is 15.8 Å². The molecule has 2 rings (SSSR count). The molecule has 3 N–H and O–H groups in total. The van der Waals surface area contributed by atoms with Gasteiger partial charge >= 0.3 is 0 Å². The molecule has 0 heterocycles. The molecule has 19 heavy (non-hydrogen) atoms. The summed E-state index contributed by atoms with van der Waals surface area (Å²) in [6, 6.07) is 14.6. The predicted octanol–water partition coefficient (Wildman–Crippen LogP) is 2.46. The van der Waals surface area contributed by atoms with Crippen molar-refractivity contribution in [3.05, 3.63) is 54.1 Å². The van der Waals surface area contributed by atoms with E-state index < -0.39 is 0 Å². The smallest absolute Gasteiger partial charge is 0.228 e. The number of amides is 1. The van der Waals surface area contributed by atoms with Crippen molar-refractivity contribution in [2.75, 3.05) is 18.2 Å². The van der Waals surface area contributed by atoms with Crippen LogP contribution in [0, 0.1) is 0 Å². The highest BCUT2D eigenvalue weighted by Gasteiger charge is 2.07. The molecule has 0 spiro atoms. The van der Waals surface area contributed by atoms with Gasteiger partial charge in [0, 0.05) is 5.69 Å². The Balaban J connectivity index is 2.05. The molecule has 0 aliphatic rings. The molecule has 0 saturated carbocycles. The number of carbonyl (C=O) groups excluding carboxylic acids is 1. The molecule has 4 nitrogen and oxygen atoms in total. The lowest BCUT2D eigenvalue weighted by Gasteiger charge is -2.09. The van der Waals surface area contributed by atoms with E-state index >= 15 is 0 Å². The number of nitrogen functional groups attached to an aromatic ring is 1. The maximum Gasteiger partial charge on any atom is 0.228 e. The van der Waals surface area contributed by atoms with E-state index in [4.69, 9.17) is 10.5 Å². The summed E-state index contributed by atoms with van der Waals surface area (Å²) in [5.74, 6) is 0.540. The van der Waals surface area contributed by atoms with Gasteiger partial charge in [0.2, 0.25) is 5.91 Å². The summed E-state index contributed by atoms with van der Waals surface area (Å²) in [7, 11) is 1.57. The number of para-hydroxylation sites is 2. The molecule has 1 amide bonds. The van der Waals surface area contributed by atoms with E-state index in [-0.39, 0.29) is 12.3 Å². The third-order valence-electron chi connectivity index (χ3n) is 2.70. The molecule has 0 fully saturated rings. The summed E-state index contributed by atoms with van der Waals surface area (Å²) >= 11 is 0. The third kappa shape index (κ3) is 3.48. The van der Waals surface area contributed by atoms with E-state index in [9.17, 15) is 4.79 Å². The summed E-state index contributed by atoms with van der Waals surface area (Å²) in [6.45, 7) is 0. The molecule has 0 bridgehead atoms. The topological polar surface area (TPSA) is 64.3 Å². The Morgan fingerprint density at radius 1 is 1.21 bits per heavy atom. The second-order valence-corrected chi connectivity index (χ2v) is 4.17. The van der Waals surface area contributed by atoms with Gasteiger partial charge in [-0.15, -0.1) is 0 Å². The molecule has 0 saturated heterocycles. The van der Waals surface area contributed by atoms with Gasteiger partial charge in [-0.05, 0) is 29.8 Å². The SMILES string of the molecule is COc1ccccc1NC(=O)Cc1cccc(N)c1. The monoisotopic (exact) mass is 256 g/mol. The zero-order valence-corrected chi connectivity index (χ0v) is 10.7. The summed E-state index contributed by atoms with van der Waals surface area (Å²) in [4.78, 5) is 12.0. The fourth-order valence-corrected chi connectivity index (χ4v) is 1.83. The standard InChI is InChI=1S/C15H16N2O2/c1-19-14-8-3-2-7-13(14)17-15(18)10-11-5-4-6-12(16)9-11/h2-9H,10,16H2,1H3,(H,17,18). The molecule has 0 unspecified atom stereocenters. The quantitative estimate of drug-likeness (QED) is 0.826. The molecule has 2 aromatic carbocycles. The highest BCUT2D eigenvalue weighted by molar-refractivity contribution is 5.93. The molecule has 0 aliphatic heterocycles. The molecular weight excluding hydrogens is 240 g/mol. The van der Waals surface area contributed by atoms with Gasteiger partial charge in [0.05, 0.1) is 19.2 Å². The normalized spacial score (nSPS) is 9.95. The Labute approximate surface area is 112 Å². The zero-order valence-electron chi connectivity index (χ0n) is 10.7. The van der Waals surface area contributed by atoms with Crippen molar-refractivity contribution in [1.82, 2.24) is 0 Å². The van der Waals surface area contributed by atoms with Crippen molar-refractivity contribution in [1.29, 1.82) is 0 Å². The van der Waals surface area contributed by atoms with Gasteiger partial charge in [0.15, 0.2) is 0 Å². The van der Waals surface area contributed by atoms with Crippen molar-refractivity contribution >= 4 is 17.3 Å². The van der Waals surface area contributed by atoms with E-state index in [1.807, 2.05) is 24.3 Å². The van der Waals surface area contributed by atoms with E-state index in [1.54, 1.807) is 31.4 Å². The van der Waals surface area contributed by atoms with Gasteiger partial charge < -0.3 is 15.8 Å². The number of methoxy groups -OCH3 is 1. The zero-order chi connectivity index (χ0) is 13.7.